The standard InChI is InChI=1S/C20H20N6O2/c1-27-12-15-9-6-10-16-17(15)24-20(28-2)26(16)19-23-13-22-18(25-19)21-11-14-7-4-3-5-8-14/h3-10,13H,11-12H2,1-2H3,(H,21,22,23,25). The Labute approximate surface area is 162 Å². The summed E-state index contributed by atoms with van der Waals surface area (Å²) in [5, 5.41) is 3.22. The summed E-state index contributed by atoms with van der Waals surface area (Å²) in [4.78, 5) is 17.7. The molecule has 0 spiro atoms. The minimum Gasteiger partial charge on any atom is -0.468 e. The maximum absolute atomic E-state index is 5.48. The molecule has 28 heavy (non-hydrogen) atoms. The molecule has 1 N–H and O–H groups in total. The van der Waals surface area contributed by atoms with Crippen LogP contribution in [-0.4, -0.2) is 38.7 Å². The van der Waals surface area contributed by atoms with Gasteiger partial charge in [0.05, 0.1) is 24.8 Å². The van der Waals surface area contributed by atoms with Gasteiger partial charge in [-0.1, -0.05) is 42.5 Å². The summed E-state index contributed by atoms with van der Waals surface area (Å²) in [5.41, 5.74) is 3.74. The zero-order valence-corrected chi connectivity index (χ0v) is 15.7. The maximum Gasteiger partial charge on any atom is 0.304 e. The van der Waals surface area contributed by atoms with E-state index in [-0.39, 0.29) is 0 Å². The minimum absolute atomic E-state index is 0.402. The lowest BCUT2D eigenvalue weighted by Crippen LogP contribution is -2.09. The molecule has 2 aromatic carbocycles. The molecule has 0 radical (unpaired) electrons. The molecule has 2 heterocycles. The second-order valence-corrected chi connectivity index (χ2v) is 6.10. The Balaban J connectivity index is 1.70. The van der Waals surface area contributed by atoms with Crippen molar-refractivity contribution in [2.24, 2.45) is 0 Å². The van der Waals surface area contributed by atoms with Crippen molar-refractivity contribution in [3.63, 3.8) is 0 Å². The zero-order chi connectivity index (χ0) is 19.3. The molecule has 0 saturated carbocycles. The fourth-order valence-electron chi connectivity index (χ4n) is 3.00. The molecule has 0 aliphatic heterocycles. The second-order valence-electron chi connectivity index (χ2n) is 6.10. The van der Waals surface area contributed by atoms with E-state index in [2.05, 4.69) is 25.3 Å². The van der Waals surface area contributed by atoms with Crippen LogP contribution in [0.4, 0.5) is 5.95 Å². The third-order valence-electron chi connectivity index (χ3n) is 4.27. The van der Waals surface area contributed by atoms with Gasteiger partial charge >= 0.3 is 6.01 Å². The predicted molar refractivity (Wildman–Crippen MR) is 105 cm³/mol. The van der Waals surface area contributed by atoms with E-state index < -0.39 is 0 Å². The summed E-state index contributed by atoms with van der Waals surface area (Å²) in [7, 11) is 3.23. The molecule has 0 saturated heterocycles. The predicted octanol–water partition coefficient (Wildman–Crippen LogP) is 2.98. The van der Waals surface area contributed by atoms with E-state index in [4.69, 9.17) is 9.47 Å². The number of fused-ring (bicyclic) bond motifs is 1. The van der Waals surface area contributed by atoms with E-state index >= 15 is 0 Å². The molecule has 2 aromatic heterocycles. The van der Waals surface area contributed by atoms with E-state index in [9.17, 15) is 0 Å². The van der Waals surface area contributed by atoms with Crippen LogP contribution in [0.5, 0.6) is 6.01 Å². The normalized spacial score (nSPS) is 10.9. The first-order chi connectivity index (χ1) is 13.8. The molecule has 0 fully saturated rings. The Kier molecular flexibility index (Phi) is 5.11. The highest BCUT2D eigenvalue weighted by Gasteiger charge is 2.18. The van der Waals surface area contributed by atoms with Crippen molar-refractivity contribution >= 4 is 17.0 Å². The van der Waals surface area contributed by atoms with Crippen LogP contribution in [0.25, 0.3) is 17.0 Å². The van der Waals surface area contributed by atoms with E-state index in [0.717, 1.165) is 22.2 Å². The molecular formula is C20H20N6O2. The Bertz CT molecular complexity index is 1080. The highest BCUT2D eigenvalue weighted by molar-refractivity contribution is 5.81. The molecular weight excluding hydrogens is 356 g/mol. The van der Waals surface area contributed by atoms with Crippen molar-refractivity contribution < 1.29 is 9.47 Å². The first kappa shape index (κ1) is 17.9. The number of anilines is 1. The largest absolute Gasteiger partial charge is 0.468 e. The van der Waals surface area contributed by atoms with Gasteiger partial charge < -0.3 is 14.8 Å². The van der Waals surface area contributed by atoms with Crippen LogP contribution in [0.3, 0.4) is 0 Å². The molecule has 0 atom stereocenters. The Morgan fingerprint density at radius 3 is 2.61 bits per heavy atom. The fraction of sp³-hybridized carbons (Fsp3) is 0.200. The first-order valence-corrected chi connectivity index (χ1v) is 8.80. The minimum atomic E-state index is 0.402. The number of para-hydroxylation sites is 1. The van der Waals surface area contributed by atoms with Gasteiger partial charge in [-0.05, 0) is 11.6 Å². The monoisotopic (exact) mass is 376 g/mol. The van der Waals surface area contributed by atoms with Crippen molar-refractivity contribution in [1.82, 2.24) is 24.5 Å². The second kappa shape index (κ2) is 8.01. The average Bonchev–Trinajstić information content (AvgIpc) is 3.13. The number of imidazole rings is 1. The summed E-state index contributed by atoms with van der Waals surface area (Å²) in [5.74, 6) is 0.908. The highest BCUT2D eigenvalue weighted by Crippen LogP contribution is 2.27. The number of rotatable bonds is 7. The lowest BCUT2D eigenvalue weighted by Gasteiger charge is -2.08. The number of aromatic nitrogens is 5. The van der Waals surface area contributed by atoms with Gasteiger partial charge in [0.25, 0.3) is 0 Å². The van der Waals surface area contributed by atoms with Gasteiger partial charge in [-0.2, -0.15) is 9.97 Å². The first-order valence-electron chi connectivity index (χ1n) is 8.80. The van der Waals surface area contributed by atoms with Crippen LogP contribution in [0.1, 0.15) is 11.1 Å². The van der Waals surface area contributed by atoms with Crippen LogP contribution < -0.4 is 10.1 Å². The molecule has 4 rings (SSSR count). The van der Waals surface area contributed by atoms with Gasteiger partial charge in [-0.3, -0.25) is 0 Å². The number of methoxy groups -OCH3 is 2. The number of ether oxygens (including phenoxy) is 2. The van der Waals surface area contributed by atoms with E-state index in [0.29, 0.717) is 31.1 Å². The third-order valence-corrected chi connectivity index (χ3v) is 4.27. The molecule has 0 unspecified atom stereocenters. The van der Waals surface area contributed by atoms with E-state index in [1.54, 1.807) is 18.8 Å². The number of hydrogen-bond donors (Lipinski definition) is 1. The summed E-state index contributed by atoms with van der Waals surface area (Å²) in [6.07, 6.45) is 1.47. The van der Waals surface area contributed by atoms with Crippen molar-refractivity contribution in [2.75, 3.05) is 19.5 Å². The SMILES string of the molecule is COCc1cccc2c1nc(OC)n2-c1ncnc(NCc2ccccc2)n1. The van der Waals surface area contributed by atoms with Gasteiger partial charge in [0, 0.05) is 19.2 Å². The van der Waals surface area contributed by atoms with Crippen molar-refractivity contribution in [1.29, 1.82) is 0 Å². The molecule has 4 aromatic rings. The number of nitrogens with zero attached hydrogens (tertiary/aromatic N) is 5. The van der Waals surface area contributed by atoms with Gasteiger partial charge in [-0.25, -0.2) is 14.5 Å². The summed E-state index contributed by atoms with van der Waals surface area (Å²) < 4.78 is 12.5. The molecule has 0 bridgehead atoms. The van der Waals surface area contributed by atoms with Crippen LogP contribution in [0.2, 0.25) is 0 Å². The van der Waals surface area contributed by atoms with Gasteiger partial charge in [-0.15, -0.1) is 0 Å². The smallest absolute Gasteiger partial charge is 0.304 e. The summed E-state index contributed by atoms with van der Waals surface area (Å²) >= 11 is 0. The fourth-order valence-corrected chi connectivity index (χ4v) is 3.00. The van der Waals surface area contributed by atoms with Crippen molar-refractivity contribution in [2.45, 2.75) is 13.2 Å². The van der Waals surface area contributed by atoms with Crippen LogP contribution >= 0.6 is 0 Å². The van der Waals surface area contributed by atoms with Crippen molar-refractivity contribution in [3.05, 3.63) is 66.0 Å². The highest BCUT2D eigenvalue weighted by atomic mass is 16.5. The van der Waals surface area contributed by atoms with E-state index in [1.807, 2.05) is 48.5 Å². The topological polar surface area (TPSA) is 87.0 Å². The zero-order valence-electron chi connectivity index (χ0n) is 15.7. The molecule has 142 valence electrons. The molecule has 0 amide bonds. The summed E-state index contributed by atoms with van der Waals surface area (Å²) in [6.45, 7) is 1.07. The third kappa shape index (κ3) is 3.49. The Morgan fingerprint density at radius 1 is 0.964 bits per heavy atom. The number of hydrogen-bond acceptors (Lipinski definition) is 7. The van der Waals surface area contributed by atoms with Gasteiger partial charge in [0.15, 0.2) is 0 Å². The summed E-state index contributed by atoms with van der Waals surface area (Å²) in [6, 6.07) is 16.3. The maximum atomic E-state index is 5.48. The van der Waals surface area contributed by atoms with E-state index in [1.165, 1.54) is 6.33 Å². The van der Waals surface area contributed by atoms with Crippen LogP contribution in [-0.2, 0) is 17.9 Å². The van der Waals surface area contributed by atoms with Crippen molar-refractivity contribution in [3.8, 4) is 12.0 Å². The van der Waals surface area contributed by atoms with Crippen LogP contribution in [0.15, 0.2) is 54.9 Å². The molecule has 8 nitrogen and oxygen atoms in total. The number of benzene rings is 2. The molecule has 0 aliphatic rings. The van der Waals surface area contributed by atoms with Gasteiger partial charge in [0.1, 0.15) is 6.33 Å². The Hall–Kier alpha value is -3.52. The lowest BCUT2D eigenvalue weighted by atomic mass is 10.2. The molecule has 8 heteroatoms. The Morgan fingerprint density at radius 2 is 1.82 bits per heavy atom. The lowest BCUT2D eigenvalue weighted by molar-refractivity contribution is 0.186. The van der Waals surface area contributed by atoms with Gasteiger partial charge in [0.2, 0.25) is 11.9 Å². The number of nitrogens with one attached hydrogen (secondary N) is 1. The molecule has 0 aliphatic carbocycles. The van der Waals surface area contributed by atoms with Crippen LogP contribution in [0, 0.1) is 0 Å². The average molecular weight is 376 g/mol. The quantitative estimate of drug-likeness (QED) is 0.530.